The standard InChI is InChI=1S/C28H36N2O8/c1-2-29-27(33)30-25(15-22-11-7-13-35-22)26(32)36-19-23-10-6-12-28(37-23)16-21(31)14-24(38-28)18-34-17-20-8-4-3-5-9-20/h3-5,7-9,11,13,23-25H,2,6,10,12,14-19H2,1H3,(H2,29,30,33)/t23-,24-,25-,28-/m0/s1. The van der Waals surface area contributed by atoms with Gasteiger partial charge < -0.3 is 34.0 Å². The third-order valence-corrected chi connectivity index (χ3v) is 6.51. The Balaban J connectivity index is 1.29. The van der Waals surface area contributed by atoms with Crippen molar-refractivity contribution in [2.45, 2.75) is 76.1 Å². The van der Waals surface area contributed by atoms with Gasteiger partial charge in [-0.1, -0.05) is 30.3 Å². The zero-order valence-corrected chi connectivity index (χ0v) is 21.7. The normalized spacial score (nSPS) is 24.1. The quantitative estimate of drug-likeness (QED) is 0.426. The zero-order valence-electron chi connectivity index (χ0n) is 21.7. The molecule has 0 saturated carbocycles. The molecule has 2 saturated heterocycles. The van der Waals surface area contributed by atoms with Gasteiger partial charge in [-0.15, -0.1) is 0 Å². The lowest BCUT2D eigenvalue weighted by atomic mass is 9.92. The third-order valence-electron chi connectivity index (χ3n) is 6.51. The van der Waals surface area contributed by atoms with E-state index < -0.39 is 36.0 Å². The molecule has 2 aliphatic heterocycles. The summed E-state index contributed by atoms with van der Waals surface area (Å²) >= 11 is 0. The average molecular weight is 529 g/mol. The lowest BCUT2D eigenvalue weighted by Gasteiger charge is -2.45. The van der Waals surface area contributed by atoms with E-state index in [0.29, 0.717) is 31.8 Å². The largest absolute Gasteiger partial charge is 0.469 e. The summed E-state index contributed by atoms with van der Waals surface area (Å²) in [6.45, 7) is 2.91. The van der Waals surface area contributed by atoms with Gasteiger partial charge in [0.1, 0.15) is 24.2 Å². The molecule has 2 aliphatic rings. The van der Waals surface area contributed by atoms with Crippen molar-refractivity contribution in [3.63, 3.8) is 0 Å². The van der Waals surface area contributed by atoms with Crippen LogP contribution in [-0.2, 0) is 41.6 Å². The van der Waals surface area contributed by atoms with Crippen LogP contribution >= 0.6 is 0 Å². The molecule has 0 bridgehead atoms. The van der Waals surface area contributed by atoms with Crippen molar-refractivity contribution in [3.05, 3.63) is 60.1 Å². The van der Waals surface area contributed by atoms with Crippen molar-refractivity contribution in [1.82, 2.24) is 10.6 Å². The second-order valence-corrected chi connectivity index (χ2v) is 9.67. The molecule has 10 heteroatoms. The predicted molar refractivity (Wildman–Crippen MR) is 136 cm³/mol. The summed E-state index contributed by atoms with van der Waals surface area (Å²) < 4.78 is 29.2. The maximum Gasteiger partial charge on any atom is 0.329 e. The van der Waals surface area contributed by atoms with Gasteiger partial charge in [0.2, 0.25) is 0 Å². The minimum absolute atomic E-state index is 0.0148. The molecule has 1 aromatic carbocycles. The minimum atomic E-state index is -1.04. The number of benzene rings is 1. The van der Waals surface area contributed by atoms with Gasteiger partial charge in [-0.3, -0.25) is 4.79 Å². The number of ketones is 1. The molecule has 38 heavy (non-hydrogen) atoms. The molecule has 4 atom stereocenters. The summed E-state index contributed by atoms with van der Waals surface area (Å²) in [4.78, 5) is 37.6. The highest BCUT2D eigenvalue weighted by Gasteiger charge is 2.46. The summed E-state index contributed by atoms with van der Waals surface area (Å²) in [6, 6.07) is 11.9. The fourth-order valence-electron chi connectivity index (χ4n) is 4.81. The lowest BCUT2D eigenvalue weighted by molar-refractivity contribution is -0.313. The molecule has 1 aromatic heterocycles. The Morgan fingerprint density at radius 2 is 1.92 bits per heavy atom. The molecule has 0 unspecified atom stereocenters. The molecule has 2 aromatic rings. The number of carbonyl (C=O) groups is 3. The van der Waals surface area contributed by atoms with Crippen LogP contribution in [0.25, 0.3) is 0 Å². The van der Waals surface area contributed by atoms with E-state index >= 15 is 0 Å². The summed E-state index contributed by atoms with van der Waals surface area (Å²) in [5, 5.41) is 5.25. The maximum atomic E-state index is 12.9. The molecule has 2 amide bonds. The van der Waals surface area contributed by atoms with Crippen LogP contribution in [0.4, 0.5) is 4.79 Å². The molecular formula is C28H36N2O8. The molecule has 2 N–H and O–H groups in total. The highest BCUT2D eigenvalue weighted by Crippen LogP contribution is 2.38. The number of hydrogen-bond acceptors (Lipinski definition) is 8. The van der Waals surface area contributed by atoms with Crippen molar-refractivity contribution in [1.29, 1.82) is 0 Å². The highest BCUT2D eigenvalue weighted by molar-refractivity contribution is 5.83. The second-order valence-electron chi connectivity index (χ2n) is 9.67. The van der Waals surface area contributed by atoms with Crippen molar-refractivity contribution in [3.8, 4) is 0 Å². The SMILES string of the molecule is CCNC(=O)N[C@@H](Cc1ccco1)C(=O)OC[C@@H]1CCC[C@]2(CC(=O)C[C@@H](COCc3ccccc3)O2)O1. The summed E-state index contributed by atoms with van der Waals surface area (Å²) in [5.74, 6) is -1.03. The highest BCUT2D eigenvalue weighted by atomic mass is 16.7. The first-order chi connectivity index (χ1) is 18.4. The Morgan fingerprint density at radius 3 is 2.68 bits per heavy atom. The number of hydrogen-bond donors (Lipinski definition) is 2. The van der Waals surface area contributed by atoms with Crippen LogP contribution in [0, 0.1) is 0 Å². The van der Waals surface area contributed by atoms with E-state index in [2.05, 4.69) is 10.6 Å². The number of urea groups is 1. The van der Waals surface area contributed by atoms with E-state index in [0.717, 1.165) is 12.0 Å². The minimum Gasteiger partial charge on any atom is -0.469 e. The fourth-order valence-corrected chi connectivity index (χ4v) is 4.81. The van der Waals surface area contributed by atoms with Crippen molar-refractivity contribution >= 4 is 17.8 Å². The Bertz CT molecular complexity index is 1040. The van der Waals surface area contributed by atoms with Crippen LogP contribution in [0.5, 0.6) is 0 Å². The third kappa shape index (κ3) is 8.14. The Labute approximate surface area is 222 Å². The first kappa shape index (κ1) is 27.8. The van der Waals surface area contributed by atoms with E-state index in [-0.39, 0.29) is 38.3 Å². The monoisotopic (exact) mass is 528 g/mol. The summed E-state index contributed by atoms with van der Waals surface area (Å²) in [6.07, 6.45) is 3.27. The van der Waals surface area contributed by atoms with E-state index in [1.807, 2.05) is 30.3 Å². The van der Waals surface area contributed by atoms with Crippen LogP contribution in [0.2, 0.25) is 0 Å². The Kier molecular flexibility index (Phi) is 9.91. The van der Waals surface area contributed by atoms with Gasteiger partial charge in [-0.2, -0.15) is 0 Å². The molecule has 0 aliphatic carbocycles. The number of furan rings is 1. The number of carbonyl (C=O) groups excluding carboxylic acids is 3. The van der Waals surface area contributed by atoms with Crippen molar-refractivity contribution in [2.75, 3.05) is 19.8 Å². The van der Waals surface area contributed by atoms with E-state index in [9.17, 15) is 14.4 Å². The van der Waals surface area contributed by atoms with E-state index in [1.165, 1.54) is 6.26 Å². The lowest BCUT2D eigenvalue weighted by Crippen LogP contribution is -2.53. The number of nitrogens with one attached hydrogen (secondary N) is 2. The second kappa shape index (κ2) is 13.5. The first-order valence-electron chi connectivity index (χ1n) is 13.2. The summed E-state index contributed by atoms with van der Waals surface area (Å²) in [7, 11) is 0. The molecule has 10 nitrogen and oxygen atoms in total. The number of rotatable bonds is 11. The zero-order chi connectivity index (χ0) is 26.8. The van der Waals surface area contributed by atoms with Crippen molar-refractivity contribution < 1.29 is 37.7 Å². The van der Waals surface area contributed by atoms with Crippen LogP contribution in [0.3, 0.4) is 0 Å². The van der Waals surface area contributed by atoms with Crippen LogP contribution in [-0.4, -0.2) is 61.6 Å². The molecule has 3 heterocycles. The molecule has 4 rings (SSSR count). The van der Waals surface area contributed by atoms with E-state index in [1.54, 1.807) is 19.1 Å². The number of amides is 2. The Hall–Kier alpha value is -3.21. The maximum absolute atomic E-state index is 12.9. The number of Topliss-reactive ketones (excluding diaryl/α,β-unsaturated/α-hetero) is 1. The molecule has 206 valence electrons. The van der Waals surface area contributed by atoms with Crippen LogP contribution < -0.4 is 10.6 Å². The van der Waals surface area contributed by atoms with Gasteiger partial charge >= 0.3 is 12.0 Å². The van der Waals surface area contributed by atoms with Gasteiger partial charge in [0.05, 0.1) is 38.1 Å². The van der Waals surface area contributed by atoms with Crippen LogP contribution in [0.15, 0.2) is 53.1 Å². The van der Waals surface area contributed by atoms with Crippen molar-refractivity contribution in [2.24, 2.45) is 0 Å². The summed E-state index contributed by atoms with van der Waals surface area (Å²) in [5.41, 5.74) is 1.05. The van der Waals surface area contributed by atoms with E-state index in [4.69, 9.17) is 23.4 Å². The topological polar surface area (TPSA) is 125 Å². The molecule has 2 fully saturated rings. The average Bonchev–Trinajstić information content (AvgIpc) is 3.40. The number of esters is 1. The Morgan fingerprint density at radius 1 is 1.11 bits per heavy atom. The first-order valence-corrected chi connectivity index (χ1v) is 13.2. The van der Waals surface area contributed by atoms with Crippen LogP contribution in [0.1, 0.15) is 50.4 Å². The molecular weight excluding hydrogens is 492 g/mol. The predicted octanol–water partition coefficient (Wildman–Crippen LogP) is 3.28. The fraction of sp³-hybridized carbons (Fsp3) is 0.536. The van der Waals surface area contributed by atoms with Gasteiger partial charge in [0.25, 0.3) is 0 Å². The van der Waals surface area contributed by atoms with Gasteiger partial charge in [-0.25, -0.2) is 9.59 Å². The number of ether oxygens (including phenoxy) is 4. The van der Waals surface area contributed by atoms with Gasteiger partial charge in [0.15, 0.2) is 5.79 Å². The molecule has 0 radical (unpaired) electrons. The molecule has 1 spiro atoms. The van der Waals surface area contributed by atoms with Gasteiger partial charge in [-0.05, 0) is 37.5 Å². The smallest absolute Gasteiger partial charge is 0.329 e. The van der Waals surface area contributed by atoms with Gasteiger partial charge in [0, 0.05) is 25.8 Å².